The number of piperazine rings is 1. The lowest BCUT2D eigenvalue weighted by atomic mass is 10.0. The van der Waals surface area contributed by atoms with Gasteiger partial charge in [0.15, 0.2) is 11.5 Å². The molecule has 4 N–H and O–H groups in total. The number of nitrogens with two attached hydrogens (primary N) is 1. The van der Waals surface area contributed by atoms with Gasteiger partial charge in [0.2, 0.25) is 0 Å². The van der Waals surface area contributed by atoms with Crippen LogP contribution in [0.1, 0.15) is 29.9 Å². The van der Waals surface area contributed by atoms with Gasteiger partial charge in [0.1, 0.15) is 5.82 Å². The van der Waals surface area contributed by atoms with E-state index in [2.05, 4.69) is 44.3 Å². The Morgan fingerprint density at radius 2 is 2.00 bits per heavy atom. The highest BCUT2D eigenvalue weighted by atomic mass is 19.1. The van der Waals surface area contributed by atoms with Crippen molar-refractivity contribution >= 4 is 39.6 Å². The highest BCUT2D eigenvalue weighted by molar-refractivity contribution is 6.13. The molecule has 1 fully saturated rings. The van der Waals surface area contributed by atoms with Gasteiger partial charge in [-0.3, -0.25) is 9.20 Å². The van der Waals surface area contributed by atoms with Crippen LogP contribution < -0.4 is 26.0 Å². The van der Waals surface area contributed by atoms with Crippen molar-refractivity contribution < 1.29 is 13.9 Å². The number of benzene rings is 1. The predicted molar refractivity (Wildman–Crippen MR) is 133 cm³/mol. The number of hydrogen-bond acceptors (Lipinski definition) is 8. The minimum atomic E-state index is -0.589. The fourth-order valence-electron chi connectivity index (χ4n) is 4.67. The topological polar surface area (TPSA) is 123 Å². The van der Waals surface area contributed by atoms with Crippen LogP contribution in [0, 0.1) is 12.7 Å². The Balaban J connectivity index is 1.55. The summed E-state index contributed by atoms with van der Waals surface area (Å²) in [6.07, 6.45) is 3.21. The van der Waals surface area contributed by atoms with Gasteiger partial charge in [-0.15, -0.1) is 0 Å². The molecule has 1 aliphatic rings. The first-order valence-electron chi connectivity index (χ1n) is 11.3. The second-order valence-corrected chi connectivity index (χ2v) is 8.93. The van der Waals surface area contributed by atoms with E-state index in [4.69, 9.17) is 10.5 Å². The van der Waals surface area contributed by atoms with Crippen molar-refractivity contribution in [3.63, 3.8) is 0 Å². The normalized spacial score (nSPS) is 18.3. The third kappa shape index (κ3) is 4.08. The molecule has 4 heterocycles. The number of rotatable bonds is 4. The van der Waals surface area contributed by atoms with Crippen molar-refractivity contribution in [2.45, 2.75) is 32.9 Å². The number of pyridine rings is 1. The van der Waals surface area contributed by atoms with Crippen LogP contribution >= 0.6 is 0 Å². The molecule has 0 radical (unpaired) electrons. The van der Waals surface area contributed by atoms with E-state index in [1.807, 2.05) is 6.07 Å². The number of halogens is 1. The second kappa shape index (κ2) is 8.66. The fourth-order valence-corrected chi connectivity index (χ4v) is 4.67. The number of carbonyl (C=O) groups excluding carboxylic acids is 1. The molecule has 1 aromatic carbocycles. The van der Waals surface area contributed by atoms with E-state index in [9.17, 15) is 9.18 Å². The number of amides is 1. The number of ether oxygens (including phenoxy) is 1. The van der Waals surface area contributed by atoms with Crippen LogP contribution in [0.25, 0.3) is 16.6 Å². The Bertz CT molecular complexity index is 1440. The summed E-state index contributed by atoms with van der Waals surface area (Å²) in [6, 6.07) is 5.61. The Morgan fingerprint density at radius 3 is 2.71 bits per heavy atom. The number of fused-ring (bicyclic) bond motifs is 2. The number of imidazole rings is 1. The first kappa shape index (κ1) is 22.8. The number of methoxy groups -OCH3 is 1. The number of nitrogens with one attached hydrogen (secondary N) is 2. The van der Waals surface area contributed by atoms with E-state index in [-0.39, 0.29) is 17.3 Å². The highest BCUT2D eigenvalue weighted by Gasteiger charge is 2.25. The molecular formula is C24H27FN8O2. The van der Waals surface area contributed by atoms with Crippen LogP contribution in [-0.4, -0.2) is 57.5 Å². The monoisotopic (exact) mass is 478 g/mol. The van der Waals surface area contributed by atoms with Gasteiger partial charge < -0.3 is 26.0 Å². The lowest BCUT2D eigenvalue weighted by molar-refractivity contribution is 0.102. The number of aromatic nitrogens is 4. The summed E-state index contributed by atoms with van der Waals surface area (Å²) in [5, 5.41) is 7.02. The van der Waals surface area contributed by atoms with Crippen molar-refractivity contribution in [1.29, 1.82) is 0 Å². The quantitative estimate of drug-likeness (QED) is 0.409. The van der Waals surface area contributed by atoms with Crippen LogP contribution in [0.3, 0.4) is 0 Å². The zero-order valence-electron chi connectivity index (χ0n) is 20.0. The molecule has 10 nitrogen and oxygen atoms in total. The van der Waals surface area contributed by atoms with E-state index in [1.165, 1.54) is 17.6 Å². The van der Waals surface area contributed by atoms with Gasteiger partial charge in [-0.05, 0) is 32.9 Å². The molecule has 0 unspecified atom stereocenters. The molecule has 1 saturated heterocycles. The van der Waals surface area contributed by atoms with E-state index in [0.29, 0.717) is 34.7 Å². The zero-order chi connectivity index (χ0) is 24.9. The molecule has 2 atom stereocenters. The summed E-state index contributed by atoms with van der Waals surface area (Å²) < 4.78 is 21.3. The van der Waals surface area contributed by atoms with Gasteiger partial charge in [-0.2, -0.15) is 4.98 Å². The van der Waals surface area contributed by atoms with Crippen molar-refractivity contribution in [2.24, 2.45) is 0 Å². The molecule has 182 valence electrons. The first-order chi connectivity index (χ1) is 16.7. The van der Waals surface area contributed by atoms with Crippen LogP contribution in [0.2, 0.25) is 0 Å². The number of hydrogen-bond donors (Lipinski definition) is 3. The molecule has 11 heteroatoms. The summed E-state index contributed by atoms with van der Waals surface area (Å²) in [6.45, 7) is 7.58. The number of nitrogens with zero attached hydrogens (tertiary/aromatic N) is 5. The molecule has 5 rings (SSSR count). The third-order valence-electron chi connectivity index (χ3n) is 6.18. The minimum absolute atomic E-state index is 0.102. The standard InChI is InChI=1S/C24H27FN8O2/c1-12-9-32(10-13(2)28-12)19-6-5-16(20-17(19)8-27-24(31-20)35-4)23(34)30-15-7-18(25)22-29-14(3)21(26)33(22)11-15/h5-8,11-13,28H,9-10,26H2,1-4H3,(H,30,34)/t12-,13+. The number of anilines is 3. The van der Waals surface area contributed by atoms with Gasteiger partial charge in [-0.1, -0.05) is 0 Å². The zero-order valence-corrected chi connectivity index (χ0v) is 20.0. The van der Waals surface area contributed by atoms with Crippen molar-refractivity contribution in [3.8, 4) is 6.01 Å². The number of aryl methyl sites for hydroxylation is 1. The SMILES string of the molecule is COc1ncc2c(N3C[C@@H](C)N[C@@H](C)C3)ccc(C(=O)Nc3cc(F)c4nc(C)c(N)n4c3)c2n1. The molecule has 1 aliphatic heterocycles. The Morgan fingerprint density at radius 1 is 1.26 bits per heavy atom. The fraction of sp³-hybridized carbons (Fsp3) is 0.333. The lowest BCUT2D eigenvalue weighted by Gasteiger charge is -2.38. The van der Waals surface area contributed by atoms with E-state index < -0.39 is 11.7 Å². The summed E-state index contributed by atoms with van der Waals surface area (Å²) >= 11 is 0. The molecule has 0 aliphatic carbocycles. The number of nitrogen functional groups attached to an aromatic ring is 1. The molecule has 3 aromatic heterocycles. The summed E-state index contributed by atoms with van der Waals surface area (Å²) in [4.78, 5) is 28.5. The van der Waals surface area contributed by atoms with Crippen molar-refractivity contribution in [1.82, 2.24) is 24.7 Å². The molecule has 1 amide bonds. The largest absolute Gasteiger partial charge is 0.467 e. The van der Waals surface area contributed by atoms with Crippen molar-refractivity contribution in [2.75, 3.05) is 36.1 Å². The molecule has 0 saturated carbocycles. The van der Waals surface area contributed by atoms with Gasteiger partial charge in [0.05, 0.1) is 29.6 Å². The van der Waals surface area contributed by atoms with E-state index >= 15 is 0 Å². The number of carbonyl (C=O) groups is 1. The maximum absolute atomic E-state index is 14.6. The first-order valence-corrected chi connectivity index (χ1v) is 11.3. The summed E-state index contributed by atoms with van der Waals surface area (Å²) in [7, 11) is 1.47. The average molecular weight is 479 g/mol. The Kier molecular flexibility index (Phi) is 5.64. The highest BCUT2D eigenvalue weighted by Crippen LogP contribution is 2.31. The Hall–Kier alpha value is -3.99. The molecule has 4 aromatic rings. The molecule has 0 spiro atoms. The molecule has 0 bridgehead atoms. The van der Waals surface area contributed by atoms with E-state index in [0.717, 1.165) is 24.2 Å². The van der Waals surface area contributed by atoms with E-state index in [1.54, 1.807) is 25.4 Å². The van der Waals surface area contributed by atoms with Gasteiger partial charge in [0, 0.05) is 54.7 Å². The van der Waals surface area contributed by atoms with Gasteiger partial charge in [-0.25, -0.2) is 14.4 Å². The maximum Gasteiger partial charge on any atom is 0.316 e. The minimum Gasteiger partial charge on any atom is -0.467 e. The molecule has 35 heavy (non-hydrogen) atoms. The van der Waals surface area contributed by atoms with Crippen molar-refractivity contribution in [3.05, 3.63) is 47.7 Å². The van der Waals surface area contributed by atoms with Gasteiger partial charge >= 0.3 is 6.01 Å². The van der Waals surface area contributed by atoms with Crippen LogP contribution in [0.4, 0.5) is 21.6 Å². The predicted octanol–water partition coefficient (Wildman–Crippen LogP) is 2.75. The summed E-state index contributed by atoms with van der Waals surface area (Å²) in [5.41, 5.74) is 8.57. The van der Waals surface area contributed by atoms with Crippen LogP contribution in [0.5, 0.6) is 6.01 Å². The average Bonchev–Trinajstić information content (AvgIpc) is 3.11. The smallest absolute Gasteiger partial charge is 0.316 e. The van der Waals surface area contributed by atoms with Gasteiger partial charge in [0.25, 0.3) is 5.91 Å². The summed E-state index contributed by atoms with van der Waals surface area (Å²) in [5.74, 6) is -0.728. The second-order valence-electron chi connectivity index (χ2n) is 8.93. The van der Waals surface area contributed by atoms with Crippen LogP contribution in [-0.2, 0) is 0 Å². The maximum atomic E-state index is 14.6. The lowest BCUT2D eigenvalue weighted by Crippen LogP contribution is -2.54. The Labute approximate surface area is 201 Å². The molecular weight excluding hydrogens is 451 g/mol. The third-order valence-corrected chi connectivity index (χ3v) is 6.18. The van der Waals surface area contributed by atoms with Crippen LogP contribution in [0.15, 0.2) is 30.6 Å².